The molecular formula is C15H22N2O3S. The van der Waals surface area contributed by atoms with Crippen LogP contribution in [0.1, 0.15) is 12.0 Å². The molecule has 2 N–H and O–H groups in total. The lowest BCUT2D eigenvalue weighted by Crippen LogP contribution is -2.45. The van der Waals surface area contributed by atoms with Crippen LogP contribution in [0.2, 0.25) is 0 Å². The minimum Gasteiger partial charge on any atom is -0.467 e. The summed E-state index contributed by atoms with van der Waals surface area (Å²) in [4.78, 5) is 23.4. The van der Waals surface area contributed by atoms with Gasteiger partial charge >= 0.3 is 5.97 Å². The van der Waals surface area contributed by atoms with Crippen LogP contribution in [-0.2, 0) is 20.9 Å². The first-order chi connectivity index (χ1) is 10.2. The average molecular weight is 310 g/mol. The fourth-order valence-electron chi connectivity index (χ4n) is 1.79. The first-order valence-electron chi connectivity index (χ1n) is 6.78. The van der Waals surface area contributed by atoms with Crippen molar-refractivity contribution in [3.8, 4) is 0 Å². The minimum atomic E-state index is -0.575. The summed E-state index contributed by atoms with van der Waals surface area (Å²) in [7, 11) is 1.33. The Morgan fingerprint density at radius 2 is 2.00 bits per heavy atom. The first-order valence-corrected chi connectivity index (χ1v) is 8.17. The Labute approximate surface area is 129 Å². The van der Waals surface area contributed by atoms with Crippen LogP contribution >= 0.6 is 11.8 Å². The Hall–Kier alpha value is -1.53. The minimum absolute atomic E-state index is 0.168. The van der Waals surface area contributed by atoms with E-state index in [-0.39, 0.29) is 12.5 Å². The standard InChI is InChI=1S/C15H22N2O3S/c1-20-15(19)13(8-9-21-2)17-14(18)11-16-10-12-6-4-3-5-7-12/h3-7,13,16H,8-11H2,1-2H3,(H,17,18)/t13-/m0/s1. The summed E-state index contributed by atoms with van der Waals surface area (Å²) in [5.41, 5.74) is 1.11. The molecule has 0 unspecified atom stereocenters. The quantitative estimate of drug-likeness (QED) is 0.671. The maximum absolute atomic E-state index is 11.8. The van der Waals surface area contributed by atoms with Crippen LogP contribution in [0, 0.1) is 0 Å². The molecule has 116 valence electrons. The van der Waals surface area contributed by atoms with E-state index in [0.29, 0.717) is 13.0 Å². The fraction of sp³-hybridized carbons (Fsp3) is 0.467. The molecule has 1 rings (SSSR count). The summed E-state index contributed by atoms with van der Waals surface area (Å²) in [6.07, 6.45) is 2.52. The highest BCUT2D eigenvalue weighted by molar-refractivity contribution is 7.98. The highest BCUT2D eigenvalue weighted by atomic mass is 32.2. The fourth-order valence-corrected chi connectivity index (χ4v) is 2.26. The summed E-state index contributed by atoms with van der Waals surface area (Å²) in [5, 5.41) is 5.75. The number of amides is 1. The molecule has 0 saturated carbocycles. The summed E-state index contributed by atoms with van der Waals surface area (Å²) < 4.78 is 4.70. The molecule has 5 nitrogen and oxygen atoms in total. The van der Waals surface area contributed by atoms with Gasteiger partial charge in [0.15, 0.2) is 0 Å². The molecule has 0 spiro atoms. The second-order valence-electron chi connectivity index (χ2n) is 4.51. The van der Waals surface area contributed by atoms with E-state index >= 15 is 0 Å². The zero-order valence-electron chi connectivity index (χ0n) is 12.4. The van der Waals surface area contributed by atoms with Gasteiger partial charge in [-0.25, -0.2) is 4.79 Å². The number of carbonyl (C=O) groups excluding carboxylic acids is 2. The second kappa shape index (κ2) is 10.2. The molecule has 6 heteroatoms. The van der Waals surface area contributed by atoms with Crippen molar-refractivity contribution in [1.82, 2.24) is 10.6 Å². The maximum atomic E-state index is 11.8. The van der Waals surface area contributed by atoms with Crippen molar-refractivity contribution in [2.45, 2.75) is 19.0 Å². The molecule has 1 aromatic carbocycles. The Balaban J connectivity index is 2.34. The Kier molecular flexibility index (Phi) is 8.54. The van der Waals surface area contributed by atoms with Gasteiger partial charge in [0.05, 0.1) is 13.7 Å². The summed E-state index contributed by atoms with van der Waals surface area (Å²) >= 11 is 1.63. The van der Waals surface area contributed by atoms with Crippen molar-refractivity contribution < 1.29 is 14.3 Å². The maximum Gasteiger partial charge on any atom is 0.328 e. The normalized spacial score (nSPS) is 11.7. The molecule has 0 saturated heterocycles. The highest BCUT2D eigenvalue weighted by Gasteiger charge is 2.20. The molecule has 0 heterocycles. The van der Waals surface area contributed by atoms with Crippen LogP contribution in [0.15, 0.2) is 30.3 Å². The van der Waals surface area contributed by atoms with Gasteiger partial charge in [-0.05, 0) is 24.0 Å². The number of benzene rings is 1. The van der Waals surface area contributed by atoms with Crippen molar-refractivity contribution in [2.24, 2.45) is 0 Å². The number of thioether (sulfide) groups is 1. The number of carbonyl (C=O) groups is 2. The van der Waals surface area contributed by atoms with E-state index in [1.807, 2.05) is 36.6 Å². The third-order valence-electron chi connectivity index (χ3n) is 2.89. The monoisotopic (exact) mass is 310 g/mol. The van der Waals surface area contributed by atoms with Crippen LogP contribution < -0.4 is 10.6 Å². The SMILES string of the molecule is COC(=O)[C@H](CCSC)NC(=O)CNCc1ccccc1. The van der Waals surface area contributed by atoms with Crippen LogP contribution in [0.25, 0.3) is 0 Å². The summed E-state index contributed by atoms with van der Waals surface area (Å²) in [5.74, 6) is 0.181. The molecule has 0 fully saturated rings. The molecular weight excluding hydrogens is 288 g/mol. The Morgan fingerprint density at radius 3 is 2.62 bits per heavy atom. The molecule has 1 atom stereocenters. The predicted molar refractivity (Wildman–Crippen MR) is 85.1 cm³/mol. The first kappa shape index (κ1) is 17.5. The molecule has 21 heavy (non-hydrogen) atoms. The van der Waals surface area contributed by atoms with E-state index < -0.39 is 12.0 Å². The van der Waals surface area contributed by atoms with Crippen LogP contribution in [0.3, 0.4) is 0 Å². The van der Waals surface area contributed by atoms with Crippen molar-refractivity contribution in [3.05, 3.63) is 35.9 Å². The van der Waals surface area contributed by atoms with Gasteiger partial charge in [-0.1, -0.05) is 30.3 Å². The van der Waals surface area contributed by atoms with E-state index in [1.165, 1.54) is 7.11 Å². The predicted octanol–water partition coefficient (Wildman–Crippen LogP) is 1.19. The molecule has 1 aromatic rings. The van der Waals surface area contributed by atoms with E-state index in [9.17, 15) is 9.59 Å². The Bertz CT molecular complexity index is 440. The van der Waals surface area contributed by atoms with Gasteiger partial charge in [0.2, 0.25) is 5.91 Å². The molecule has 0 aromatic heterocycles. The summed E-state index contributed by atoms with van der Waals surface area (Å²) in [6, 6.07) is 9.25. The molecule has 0 radical (unpaired) electrons. The number of nitrogens with one attached hydrogen (secondary N) is 2. The van der Waals surface area contributed by atoms with Gasteiger partial charge in [0, 0.05) is 6.54 Å². The van der Waals surface area contributed by atoms with E-state index in [2.05, 4.69) is 10.6 Å². The van der Waals surface area contributed by atoms with Crippen LogP contribution in [-0.4, -0.2) is 43.6 Å². The molecule has 1 amide bonds. The molecule has 0 bridgehead atoms. The van der Waals surface area contributed by atoms with Crippen molar-refractivity contribution in [2.75, 3.05) is 25.7 Å². The van der Waals surface area contributed by atoms with Gasteiger partial charge < -0.3 is 15.4 Å². The summed E-state index contributed by atoms with van der Waals surface area (Å²) in [6.45, 7) is 0.781. The van der Waals surface area contributed by atoms with Gasteiger partial charge in [-0.3, -0.25) is 4.79 Å². The number of ether oxygens (including phenoxy) is 1. The number of esters is 1. The average Bonchev–Trinajstić information content (AvgIpc) is 2.51. The lowest BCUT2D eigenvalue weighted by Gasteiger charge is -2.16. The van der Waals surface area contributed by atoms with Gasteiger partial charge in [0.1, 0.15) is 6.04 Å². The topological polar surface area (TPSA) is 67.4 Å². The Morgan fingerprint density at radius 1 is 1.29 bits per heavy atom. The lowest BCUT2D eigenvalue weighted by molar-refractivity contribution is -0.145. The zero-order valence-corrected chi connectivity index (χ0v) is 13.2. The van der Waals surface area contributed by atoms with Crippen LogP contribution in [0.5, 0.6) is 0 Å². The lowest BCUT2D eigenvalue weighted by atomic mass is 10.2. The van der Waals surface area contributed by atoms with E-state index in [4.69, 9.17) is 4.74 Å². The molecule has 0 aliphatic carbocycles. The largest absolute Gasteiger partial charge is 0.467 e. The molecule has 0 aliphatic heterocycles. The number of hydrogen-bond acceptors (Lipinski definition) is 5. The number of hydrogen-bond donors (Lipinski definition) is 2. The highest BCUT2D eigenvalue weighted by Crippen LogP contribution is 2.02. The smallest absolute Gasteiger partial charge is 0.328 e. The van der Waals surface area contributed by atoms with Crippen LogP contribution in [0.4, 0.5) is 0 Å². The van der Waals surface area contributed by atoms with Gasteiger partial charge in [-0.2, -0.15) is 11.8 Å². The van der Waals surface area contributed by atoms with Gasteiger partial charge in [0.25, 0.3) is 0 Å². The second-order valence-corrected chi connectivity index (χ2v) is 5.50. The van der Waals surface area contributed by atoms with Gasteiger partial charge in [-0.15, -0.1) is 0 Å². The van der Waals surface area contributed by atoms with E-state index in [0.717, 1.165) is 11.3 Å². The van der Waals surface area contributed by atoms with Crippen molar-refractivity contribution >= 4 is 23.6 Å². The van der Waals surface area contributed by atoms with Crippen molar-refractivity contribution in [1.29, 1.82) is 0 Å². The number of methoxy groups -OCH3 is 1. The van der Waals surface area contributed by atoms with E-state index in [1.54, 1.807) is 11.8 Å². The zero-order chi connectivity index (χ0) is 15.5. The molecule has 0 aliphatic rings. The number of rotatable bonds is 9. The van der Waals surface area contributed by atoms with Crippen molar-refractivity contribution in [3.63, 3.8) is 0 Å². The third kappa shape index (κ3) is 7.15. The third-order valence-corrected chi connectivity index (χ3v) is 3.53.